The van der Waals surface area contributed by atoms with E-state index in [1.807, 2.05) is 31.4 Å². The van der Waals surface area contributed by atoms with Gasteiger partial charge in [-0.15, -0.1) is 11.3 Å². The van der Waals surface area contributed by atoms with Gasteiger partial charge in [-0.05, 0) is 41.6 Å². The molecule has 1 aromatic carbocycles. The van der Waals surface area contributed by atoms with Crippen molar-refractivity contribution in [3.8, 4) is 0 Å². The number of nitrogens with zero attached hydrogens (tertiary/aromatic N) is 2. The predicted octanol–water partition coefficient (Wildman–Crippen LogP) is 2.98. The molecule has 1 aliphatic rings. The van der Waals surface area contributed by atoms with Gasteiger partial charge in [-0.2, -0.15) is 4.31 Å². The Balaban J connectivity index is 1.93. The number of thiophene rings is 1. The lowest BCUT2D eigenvalue weighted by molar-refractivity contribution is 0.0993. The fraction of sp³-hybridized carbons (Fsp3) is 0.353. The number of rotatable bonds is 5. The lowest BCUT2D eigenvalue weighted by Crippen LogP contribution is -2.30. The van der Waals surface area contributed by atoms with Gasteiger partial charge in [0.15, 0.2) is 0 Å². The Morgan fingerprint density at radius 3 is 2.62 bits per heavy atom. The summed E-state index contributed by atoms with van der Waals surface area (Å²) in [5.74, 6) is -0.0249. The van der Waals surface area contributed by atoms with Gasteiger partial charge in [-0.3, -0.25) is 4.79 Å². The molecule has 2 heterocycles. The molecule has 0 saturated carbocycles. The van der Waals surface area contributed by atoms with E-state index in [1.165, 1.54) is 15.6 Å². The molecule has 0 spiro atoms. The molecule has 0 radical (unpaired) electrons. The van der Waals surface area contributed by atoms with Gasteiger partial charge in [0.2, 0.25) is 10.0 Å². The molecule has 1 aliphatic heterocycles. The molecule has 0 unspecified atom stereocenters. The summed E-state index contributed by atoms with van der Waals surface area (Å²) in [4.78, 5) is 15.3. The van der Waals surface area contributed by atoms with E-state index in [-0.39, 0.29) is 5.91 Å². The summed E-state index contributed by atoms with van der Waals surface area (Å²) in [6.07, 6.45) is 0.675. The van der Waals surface area contributed by atoms with E-state index < -0.39 is 10.0 Å². The van der Waals surface area contributed by atoms with Gasteiger partial charge in [-0.25, -0.2) is 8.42 Å². The first kappa shape index (κ1) is 17.1. The van der Waals surface area contributed by atoms with Gasteiger partial charge in [0.25, 0.3) is 5.91 Å². The van der Waals surface area contributed by atoms with Crippen molar-refractivity contribution in [2.75, 3.05) is 24.5 Å². The van der Waals surface area contributed by atoms with Crippen LogP contribution in [-0.2, 0) is 16.4 Å². The summed E-state index contributed by atoms with van der Waals surface area (Å²) in [5.41, 5.74) is 1.72. The van der Waals surface area contributed by atoms with E-state index >= 15 is 0 Å². The first-order chi connectivity index (χ1) is 11.5. The fourth-order valence-electron chi connectivity index (χ4n) is 3.00. The van der Waals surface area contributed by atoms with Crippen LogP contribution in [0.3, 0.4) is 0 Å². The first-order valence-corrected chi connectivity index (χ1v) is 10.3. The SMILES string of the molecule is CCN(CC)S(=O)(=O)c1ccc2c(c1)CCN2C(=O)c1cccs1. The zero-order valence-corrected chi connectivity index (χ0v) is 15.4. The molecule has 0 fully saturated rings. The lowest BCUT2D eigenvalue weighted by Gasteiger charge is -2.20. The Hall–Kier alpha value is -1.70. The van der Waals surface area contributed by atoms with Crippen LogP contribution >= 0.6 is 11.3 Å². The monoisotopic (exact) mass is 364 g/mol. The zero-order chi connectivity index (χ0) is 17.3. The van der Waals surface area contributed by atoms with Crippen molar-refractivity contribution in [1.82, 2.24) is 4.31 Å². The Morgan fingerprint density at radius 1 is 1.25 bits per heavy atom. The highest BCUT2D eigenvalue weighted by Gasteiger charge is 2.29. The van der Waals surface area contributed by atoms with Crippen molar-refractivity contribution >= 4 is 33.0 Å². The molecular weight excluding hydrogens is 344 g/mol. The molecule has 0 saturated heterocycles. The molecule has 128 valence electrons. The van der Waals surface area contributed by atoms with Gasteiger partial charge in [0, 0.05) is 25.3 Å². The van der Waals surface area contributed by atoms with Gasteiger partial charge in [-0.1, -0.05) is 19.9 Å². The molecule has 24 heavy (non-hydrogen) atoms. The lowest BCUT2D eigenvalue weighted by atomic mass is 10.2. The second-order valence-corrected chi connectivity index (χ2v) is 8.45. The smallest absolute Gasteiger partial charge is 0.268 e. The summed E-state index contributed by atoms with van der Waals surface area (Å²) in [6, 6.07) is 8.74. The summed E-state index contributed by atoms with van der Waals surface area (Å²) in [6.45, 7) is 5.13. The van der Waals surface area contributed by atoms with Gasteiger partial charge in [0.05, 0.1) is 9.77 Å². The molecule has 2 aromatic rings. The third kappa shape index (κ3) is 2.87. The molecule has 0 atom stereocenters. The minimum absolute atomic E-state index is 0.0249. The minimum Gasteiger partial charge on any atom is -0.307 e. The third-order valence-electron chi connectivity index (χ3n) is 4.27. The Morgan fingerprint density at radius 2 is 2.00 bits per heavy atom. The number of carbonyl (C=O) groups excluding carboxylic acids is 1. The quantitative estimate of drug-likeness (QED) is 0.819. The first-order valence-electron chi connectivity index (χ1n) is 7.97. The van der Waals surface area contributed by atoms with E-state index in [2.05, 4.69) is 0 Å². The Labute approximate surface area is 146 Å². The topological polar surface area (TPSA) is 57.7 Å². The molecule has 1 aromatic heterocycles. The third-order valence-corrected chi connectivity index (χ3v) is 7.17. The highest BCUT2D eigenvalue weighted by Crippen LogP contribution is 2.32. The van der Waals surface area contributed by atoms with E-state index in [4.69, 9.17) is 0 Å². The highest BCUT2D eigenvalue weighted by atomic mass is 32.2. The van der Waals surface area contributed by atoms with Crippen LogP contribution in [0.5, 0.6) is 0 Å². The van der Waals surface area contributed by atoms with Crippen LogP contribution in [-0.4, -0.2) is 38.3 Å². The number of benzene rings is 1. The minimum atomic E-state index is -3.47. The normalized spacial score (nSPS) is 14.2. The van der Waals surface area contributed by atoms with Crippen LogP contribution < -0.4 is 4.90 Å². The van der Waals surface area contributed by atoms with Gasteiger partial charge in [0.1, 0.15) is 0 Å². The Bertz CT molecular complexity index is 841. The van der Waals surface area contributed by atoms with Crippen LogP contribution in [0.1, 0.15) is 29.1 Å². The van der Waals surface area contributed by atoms with Crippen LogP contribution in [0.2, 0.25) is 0 Å². The molecule has 3 rings (SSSR count). The number of hydrogen-bond acceptors (Lipinski definition) is 4. The van der Waals surface area contributed by atoms with E-state index in [1.54, 1.807) is 23.1 Å². The molecule has 1 amide bonds. The van der Waals surface area contributed by atoms with Crippen molar-refractivity contribution < 1.29 is 13.2 Å². The highest BCUT2D eigenvalue weighted by molar-refractivity contribution is 7.89. The summed E-state index contributed by atoms with van der Waals surface area (Å²) in [5, 5.41) is 1.88. The molecule has 5 nitrogen and oxygen atoms in total. The summed E-state index contributed by atoms with van der Waals surface area (Å²) in [7, 11) is -3.47. The number of hydrogen-bond donors (Lipinski definition) is 0. The zero-order valence-electron chi connectivity index (χ0n) is 13.7. The molecule has 7 heteroatoms. The number of carbonyl (C=O) groups is 1. The number of amides is 1. The van der Waals surface area contributed by atoms with Crippen molar-refractivity contribution in [1.29, 1.82) is 0 Å². The van der Waals surface area contributed by atoms with E-state index in [0.717, 1.165) is 11.3 Å². The Kier molecular flexibility index (Phi) is 4.76. The van der Waals surface area contributed by atoms with Gasteiger partial charge >= 0.3 is 0 Å². The van der Waals surface area contributed by atoms with Crippen molar-refractivity contribution in [3.05, 3.63) is 46.2 Å². The largest absolute Gasteiger partial charge is 0.307 e. The summed E-state index contributed by atoms with van der Waals surface area (Å²) >= 11 is 1.42. The fourth-order valence-corrected chi connectivity index (χ4v) is 5.18. The van der Waals surface area contributed by atoms with Crippen molar-refractivity contribution in [2.24, 2.45) is 0 Å². The van der Waals surface area contributed by atoms with Crippen LogP contribution in [0.25, 0.3) is 0 Å². The second-order valence-electron chi connectivity index (χ2n) is 5.56. The molecule has 0 bridgehead atoms. The van der Waals surface area contributed by atoms with E-state index in [0.29, 0.717) is 35.8 Å². The number of fused-ring (bicyclic) bond motifs is 1. The number of anilines is 1. The predicted molar refractivity (Wildman–Crippen MR) is 96.2 cm³/mol. The average molecular weight is 364 g/mol. The van der Waals surface area contributed by atoms with Crippen LogP contribution in [0.15, 0.2) is 40.6 Å². The van der Waals surface area contributed by atoms with Crippen molar-refractivity contribution in [2.45, 2.75) is 25.2 Å². The maximum Gasteiger partial charge on any atom is 0.268 e. The maximum absolute atomic E-state index is 12.6. The molecular formula is C17H20N2O3S2. The van der Waals surface area contributed by atoms with Crippen molar-refractivity contribution in [3.63, 3.8) is 0 Å². The standard InChI is InChI=1S/C17H20N2O3S2/c1-3-18(4-2)24(21,22)14-7-8-15-13(12-14)9-10-19(15)17(20)16-6-5-11-23-16/h5-8,11-12H,3-4,9-10H2,1-2H3. The number of sulfonamides is 1. The molecule has 0 aliphatic carbocycles. The van der Waals surface area contributed by atoms with Gasteiger partial charge < -0.3 is 4.90 Å². The summed E-state index contributed by atoms with van der Waals surface area (Å²) < 4.78 is 26.7. The molecule has 0 N–H and O–H groups in total. The maximum atomic E-state index is 12.6. The van der Waals surface area contributed by atoms with Crippen LogP contribution in [0, 0.1) is 0 Å². The van der Waals surface area contributed by atoms with Crippen LogP contribution in [0.4, 0.5) is 5.69 Å². The average Bonchev–Trinajstić information content (AvgIpc) is 3.24. The van der Waals surface area contributed by atoms with E-state index in [9.17, 15) is 13.2 Å². The second kappa shape index (κ2) is 6.66.